The molecule has 0 unspecified atom stereocenters. The summed E-state index contributed by atoms with van der Waals surface area (Å²) in [5, 5.41) is 1.61. The molecule has 0 bridgehead atoms. The van der Waals surface area contributed by atoms with Gasteiger partial charge in [-0.2, -0.15) is 0 Å². The van der Waals surface area contributed by atoms with E-state index in [1.165, 1.54) is 5.56 Å². The predicted octanol–water partition coefficient (Wildman–Crippen LogP) is 4.40. The number of aryl methyl sites for hydroxylation is 3. The predicted molar refractivity (Wildman–Crippen MR) is 90.5 cm³/mol. The molecule has 0 amide bonds. The number of aromatic nitrogens is 1. The summed E-state index contributed by atoms with van der Waals surface area (Å²) < 4.78 is 2.23. The van der Waals surface area contributed by atoms with Crippen LogP contribution in [-0.2, 0) is 6.54 Å². The van der Waals surface area contributed by atoms with Crippen molar-refractivity contribution < 1.29 is 0 Å². The molecule has 0 fully saturated rings. The molecule has 21 heavy (non-hydrogen) atoms. The van der Waals surface area contributed by atoms with Crippen LogP contribution < -0.4 is 5.43 Å². The molecular formula is C18H18ClNO. The summed E-state index contributed by atoms with van der Waals surface area (Å²) in [6, 6.07) is 12.0. The summed E-state index contributed by atoms with van der Waals surface area (Å²) in [6.45, 7) is 4.90. The van der Waals surface area contributed by atoms with Crippen molar-refractivity contribution in [2.24, 2.45) is 0 Å². The third-order valence-electron chi connectivity index (χ3n) is 3.93. The Hall–Kier alpha value is -1.80. The minimum absolute atomic E-state index is 0.125. The van der Waals surface area contributed by atoms with Crippen molar-refractivity contribution in [2.45, 2.75) is 26.8 Å². The summed E-state index contributed by atoms with van der Waals surface area (Å²) >= 11 is 5.87. The lowest BCUT2D eigenvalue weighted by Gasteiger charge is -2.16. The molecule has 0 radical (unpaired) electrons. The van der Waals surface area contributed by atoms with Crippen molar-refractivity contribution in [3.05, 3.63) is 57.7 Å². The molecule has 0 spiro atoms. The maximum Gasteiger partial charge on any atom is 0.197 e. The lowest BCUT2D eigenvalue weighted by molar-refractivity contribution is 0.724. The van der Waals surface area contributed by atoms with Gasteiger partial charge in [0.2, 0.25) is 0 Å². The lowest BCUT2D eigenvalue weighted by Crippen LogP contribution is -2.13. The number of para-hydroxylation sites is 1. The van der Waals surface area contributed by atoms with Crippen LogP contribution in [0.15, 0.2) is 41.2 Å². The van der Waals surface area contributed by atoms with Gasteiger partial charge >= 0.3 is 0 Å². The van der Waals surface area contributed by atoms with Crippen molar-refractivity contribution in [3.63, 3.8) is 0 Å². The second-order valence-electron chi connectivity index (χ2n) is 5.52. The molecule has 0 aliphatic rings. The van der Waals surface area contributed by atoms with Gasteiger partial charge in [0.15, 0.2) is 5.43 Å². The summed E-state index contributed by atoms with van der Waals surface area (Å²) in [6.07, 6.45) is 0.885. The minimum Gasteiger partial charge on any atom is -0.340 e. The Morgan fingerprint density at radius 3 is 2.62 bits per heavy atom. The second kappa shape index (κ2) is 5.53. The van der Waals surface area contributed by atoms with Gasteiger partial charge < -0.3 is 4.57 Å². The van der Waals surface area contributed by atoms with Crippen LogP contribution >= 0.6 is 11.6 Å². The van der Waals surface area contributed by atoms with E-state index < -0.39 is 0 Å². The van der Waals surface area contributed by atoms with E-state index in [1.54, 1.807) is 0 Å². The highest BCUT2D eigenvalue weighted by Crippen LogP contribution is 2.23. The summed E-state index contributed by atoms with van der Waals surface area (Å²) in [5.41, 5.74) is 4.35. The quantitative estimate of drug-likeness (QED) is 0.519. The highest BCUT2D eigenvalue weighted by molar-refractivity contribution is 6.17. The van der Waals surface area contributed by atoms with Crippen LogP contribution in [0.4, 0.5) is 0 Å². The third kappa shape index (κ3) is 2.34. The first kappa shape index (κ1) is 14.2. The van der Waals surface area contributed by atoms with Gasteiger partial charge in [0.1, 0.15) is 0 Å². The fourth-order valence-corrected chi connectivity index (χ4v) is 3.20. The van der Waals surface area contributed by atoms with Crippen LogP contribution in [0.3, 0.4) is 0 Å². The van der Waals surface area contributed by atoms with Crippen LogP contribution in [0.1, 0.15) is 17.5 Å². The fraction of sp³-hybridized carbons (Fsp3) is 0.278. The number of alkyl halides is 1. The third-order valence-corrected chi connectivity index (χ3v) is 4.20. The number of fused-ring (bicyclic) bond motifs is 2. The monoisotopic (exact) mass is 299 g/mol. The molecule has 0 aliphatic heterocycles. The Kier molecular flexibility index (Phi) is 3.73. The lowest BCUT2D eigenvalue weighted by atomic mass is 10.0. The Labute approximate surface area is 129 Å². The Balaban J connectivity index is 2.52. The van der Waals surface area contributed by atoms with Crippen molar-refractivity contribution in [3.8, 4) is 0 Å². The number of hydrogen-bond donors (Lipinski definition) is 0. The van der Waals surface area contributed by atoms with E-state index in [0.29, 0.717) is 5.88 Å². The van der Waals surface area contributed by atoms with Crippen LogP contribution in [0.5, 0.6) is 0 Å². The van der Waals surface area contributed by atoms with E-state index in [9.17, 15) is 4.79 Å². The number of hydrogen-bond acceptors (Lipinski definition) is 1. The maximum atomic E-state index is 12.8. The fourth-order valence-electron chi connectivity index (χ4n) is 3.08. The molecule has 0 atom stereocenters. The Morgan fingerprint density at radius 1 is 1.10 bits per heavy atom. The highest BCUT2D eigenvalue weighted by Gasteiger charge is 2.12. The number of rotatable bonds is 3. The molecule has 108 valence electrons. The van der Waals surface area contributed by atoms with Gasteiger partial charge in [0, 0.05) is 23.2 Å². The largest absolute Gasteiger partial charge is 0.340 e. The average molecular weight is 300 g/mol. The van der Waals surface area contributed by atoms with Gasteiger partial charge in [0.05, 0.1) is 11.0 Å². The zero-order chi connectivity index (χ0) is 15.0. The molecule has 3 rings (SSSR count). The van der Waals surface area contributed by atoms with E-state index in [-0.39, 0.29) is 5.43 Å². The van der Waals surface area contributed by atoms with Crippen LogP contribution in [0.2, 0.25) is 0 Å². The van der Waals surface area contributed by atoms with Gasteiger partial charge in [-0.05, 0) is 49.6 Å². The van der Waals surface area contributed by atoms with E-state index in [4.69, 9.17) is 11.6 Å². The van der Waals surface area contributed by atoms with Gasteiger partial charge in [-0.15, -0.1) is 11.6 Å². The molecule has 2 aromatic carbocycles. The molecule has 3 heteroatoms. The van der Waals surface area contributed by atoms with Gasteiger partial charge in [-0.1, -0.05) is 18.2 Å². The molecular weight excluding hydrogens is 282 g/mol. The van der Waals surface area contributed by atoms with E-state index >= 15 is 0 Å². The molecule has 0 saturated heterocycles. The zero-order valence-electron chi connectivity index (χ0n) is 12.3. The Morgan fingerprint density at radius 2 is 1.86 bits per heavy atom. The zero-order valence-corrected chi connectivity index (χ0v) is 13.1. The molecule has 0 aliphatic carbocycles. The Bertz CT molecular complexity index is 880. The molecule has 1 aromatic heterocycles. The van der Waals surface area contributed by atoms with Crippen molar-refractivity contribution >= 4 is 33.4 Å². The second-order valence-corrected chi connectivity index (χ2v) is 5.89. The van der Waals surface area contributed by atoms with Crippen molar-refractivity contribution in [1.82, 2.24) is 4.57 Å². The summed E-state index contributed by atoms with van der Waals surface area (Å²) in [4.78, 5) is 12.8. The van der Waals surface area contributed by atoms with Crippen molar-refractivity contribution in [2.75, 3.05) is 5.88 Å². The van der Waals surface area contributed by atoms with Gasteiger partial charge in [-0.25, -0.2) is 0 Å². The number of benzene rings is 2. The molecule has 0 N–H and O–H groups in total. The standard InChI is InChI=1S/C18H18ClNO/c1-12-10-13(2)17-16(11-12)20(9-5-8-19)15-7-4-3-6-14(15)18(17)21/h3-4,6-7,10-11H,5,8-9H2,1-2H3. The smallest absolute Gasteiger partial charge is 0.197 e. The van der Waals surface area contributed by atoms with Crippen LogP contribution in [0.25, 0.3) is 21.8 Å². The van der Waals surface area contributed by atoms with E-state index in [1.807, 2.05) is 31.2 Å². The van der Waals surface area contributed by atoms with E-state index in [0.717, 1.165) is 40.3 Å². The SMILES string of the molecule is Cc1cc(C)c2c(=O)c3ccccc3n(CCCCl)c2c1. The van der Waals surface area contributed by atoms with Crippen LogP contribution in [-0.4, -0.2) is 10.4 Å². The summed E-state index contributed by atoms with van der Waals surface area (Å²) in [7, 11) is 0. The van der Waals surface area contributed by atoms with E-state index in [2.05, 4.69) is 23.6 Å². The van der Waals surface area contributed by atoms with Gasteiger partial charge in [-0.3, -0.25) is 4.79 Å². The molecule has 2 nitrogen and oxygen atoms in total. The molecule has 1 heterocycles. The first-order valence-corrected chi connectivity index (χ1v) is 7.75. The summed E-state index contributed by atoms with van der Waals surface area (Å²) in [5.74, 6) is 0.618. The number of halogens is 1. The first-order valence-electron chi connectivity index (χ1n) is 7.22. The highest BCUT2D eigenvalue weighted by atomic mass is 35.5. The van der Waals surface area contributed by atoms with Gasteiger partial charge in [0.25, 0.3) is 0 Å². The first-order chi connectivity index (χ1) is 10.1. The molecule has 3 aromatic rings. The average Bonchev–Trinajstić information content (AvgIpc) is 2.46. The normalized spacial score (nSPS) is 11.4. The molecule has 0 saturated carbocycles. The van der Waals surface area contributed by atoms with Crippen molar-refractivity contribution in [1.29, 1.82) is 0 Å². The number of nitrogens with zero attached hydrogens (tertiary/aromatic N) is 1. The van der Waals surface area contributed by atoms with Crippen LogP contribution in [0, 0.1) is 13.8 Å². The minimum atomic E-state index is 0.125. The topological polar surface area (TPSA) is 22.0 Å². The maximum absolute atomic E-state index is 12.8. The number of pyridine rings is 1.